The number of rotatable bonds is 7. The molecule has 2 amide bonds. The third kappa shape index (κ3) is 4.33. The number of benzene rings is 2. The highest BCUT2D eigenvalue weighted by Gasteiger charge is 2.47. The number of fused-ring (bicyclic) bond motifs is 3. The van der Waals surface area contributed by atoms with Crippen molar-refractivity contribution in [2.75, 3.05) is 13.7 Å². The fourth-order valence-corrected chi connectivity index (χ4v) is 5.46. The lowest BCUT2D eigenvalue weighted by atomic mass is 9.92. The predicted octanol–water partition coefficient (Wildman–Crippen LogP) is 5.07. The number of hydrogen-bond acceptors (Lipinski definition) is 3. The van der Waals surface area contributed by atoms with Crippen LogP contribution in [0.1, 0.15) is 55.1 Å². The first kappa shape index (κ1) is 23.2. The molecule has 1 aliphatic heterocycles. The van der Waals surface area contributed by atoms with Crippen molar-refractivity contribution in [1.82, 2.24) is 14.8 Å². The standard InChI is InChI=1S/C29H33N3O3/c1-29(28(34)30-19-23-13-7-9-15-26(23)35-2)20-31-24-14-8-6-12-22(24)18-25(31)27(33)32(29)17-16-21-10-4-3-5-11-21/h6-10,12-15,18H,3-5,11,16-17,19-20H2,1-2H3,(H,30,34). The van der Waals surface area contributed by atoms with Gasteiger partial charge in [0, 0.05) is 29.6 Å². The van der Waals surface area contributed by atoms with Crippen LogP contribution >= 0.6 is 0 Å². The number of hydrogen-bond donors (Lipinski definition) is 1. The summed E-state index contributed by atoms with van der Waals surface area (Å²) in [5.41, 5.74) is 2.92. The Labute approximate surface area is 206 Å². The van der Waals surface area contributed by atoms with Gasteiger partial charge in [0.2, 0.25) is 5.91 Å². The van der Waals surface area contributed by atoms with Gasteiger partial charge in [-0.3, -0.25) is 9.59 Å². The van der Waals surface area contributed by atoms with Gasteiger partial charge in [-0.25, -0.2) is 0 Å². The molecular formula is C29H33N3O3. The van der Waals surface area contributed by atoms with Crippen molar-refractivity contribution in [2.45, 2.75) is 57.7 Å². The molecule has 1 unspecified atom stereocenters. The maximum atomic E-state index is 13.8. The molecule has 6 nitrogen and oxygen atoms in total. The van der Waals surface area contributed by atoms with Gasteiger partial charge in [-0.05, 0) is 57.2 Å². The summed E-state index contributed by atoms with van der Waals surface area (Å²) < 4.78 is 7.46. The topological polar surface area (TPSA) is 63.6 Å². The van der Waals surface area contributed by atoms with Crippen LogP contribution < -0.4 is 10.1 Å². The van der Waals surface area contributed by atoms with E-state index in [1.165, 1.54) is 18.4 Å². The Bertz CT molecular complexity index is 1290. The first-order chi connectivity index (χ1) is 17.0. The molecule has 1 atom stereocenters. The zero-order valence-electron chi connectivity index (χ0n) is 20.5. The summed E-state index contributed by atoms with van der Waals surface area (Å²) in [5, 5.41) is 4.12. The van der Waals surface area contributed by atoms with E-state index in [-0.39, 0.29) is 11.8 Å². The Balaban J connectivity index is 1.46. The molecule has 2 heterocycles. The first-order valence-electron chi connectivity index (χ1n) is 12.5. The summed E-state index contributed by atoms with van der Waals surface area (Å²) in [6, 6.07) is 17.6. The molecule has 0 saturated carbocycles. The van der Waals surface area contributed by atoms with Crippen molar-refractivity contribution in [3.8, 4) is 5.75 Å². The molecule has 0 fully saturated rings. The molecule has 0 saturated heterocycles. The summed E-state index contributed by atoms with van der Waals surface area (Å²) >= 11 is 0. The lowest BCUT2D eigenvalue weighted by molar-refractivity contribution is -0.133. The third-order valence-corrected chi connectivity index (χ3v) is 7.50. The monoisotopic (exact) mass is 471 g/mol. The Morgan fingerprint density at radius 2 is 1.91 bits per heavy atom. The third-order valence-electron chi connectivity index (χ3n) is 7.50. The highest BCUT2D eigenvalue weighted by molar-refractivity contribution is 6.03. The van der Waals surface area contributed by atoms with E-state index in [9.17, 15) is 9.59 Å². The number of nitrogens with zero attached hydrogens (tertiary/aromatic N) is 2. The lowest BCUT2D eigenvalue weighted by Crippen LogP contribution is -2.64. The maximum absolute atomic E-state index is 13.8. The van der Waals surface area contributed by atoms with E-state index >= 15 is 0 Å². The van der Waals surface area contributed by atoms with Crippen LogP contribution in [0.15, 0.2) is 66.2 Å². The smallest absolute Gasteiger partial charge is 0.271 e. The molecule has 182 valence electrons. The van der Waals surface area contributed by atoms with Crippen LogP contribution in [-0.2, 0) is 17.9 Å². The van der Waals surface area contributed by atoms with Gasteiger partial charge in [0.25, 0.3) is 5.91 Å². The van der Waals surface area contributed by atoms with Gasteiger partial charge in [0.1, 0.15) is 17.0 Å². The minimum Gasteiger partial charge on any atom is -0.496 e. The van der Waals surface area contributed by atoms with Crippen LogP contribution in [0.3, 0.4) is 0 Å². The van der Waals surface area contributed by atoms with Gasteiger partial charge in [-0.15, -0.1) is 0 Å². The molecule has 2 aliphatic rings. The van der Waals surface area contributed by atoms with Gasteiger partial charge in [-0.1, -0.05) is 48.0 Å². The summed E-state index contributed by atoms with van der Waals surface area (Å²) in [4.78, 5) is 29.4. The summed E-state index contributed by atoms with van der Waals surface area (Å²) in [5.74, 6) is 0.495. The van der Waals surface area contributed by atoms with Crippen LogP contribution in [0.5, 0.6) is 5.75 Å². The number of allylic oxidation sites excluding steroid dienone is 1. The van der Waals surface area contributed by atoms with Crippen molar-refractivity contribution in [2.24, 2.45) is 0 Å². The zero-order chi connectivity index (χ0) is 24.4. The number of para-hydroxylation sites is 2. The molecule has 2 aromatic carbocycles. The molecular weight excluding hydrogens is 438 g/mol. The van der Waals surface area contributed by atoms with E-state index in [4.69, 9.17) is 4.74 Å². The van der Waals surface area contributed by atoms with Crippen LogP contribution in [0.25, 0.3) is 10.9 Å². The zero-order valence-corrected chi connectivity index (χ0v) is 20.5. The van der Waals surface area contributed by atoms with Crippen molar-refractivity contribution in [1.29, 1.82) is 0 Å². The SMILES string of the molecule is COc1ccccc1CNC(=O)C1(C)Cn2c(cc3ccccc32)C(=O)N1CCC1=CCCCC1. The number of nitrogens with one attached hydrogen (secondary N) is 1. The number of carbonyl (C=O) groups excluding carboxylic acids is 2. The van der Waals surface area contributed by atoms with Crippen LogP contribution in [0.2, 0.25) is 0 Å². The highest BCUT2D eigenvalue weighted by Crippen LogP contribution is 2.33. The summed E-state index contributed by atoms with van der Waals surface area (Å²) in [7, 11) is 1.63. The number of ether oxygens (including phenoxy) is 1. The molecule has 0 bridgehead atoms. The molecule has 1 aromatic heterocycles. The van der Waals surface area contributed by atoms with Gasteiger partial charge >= 0.3 is 0 Å². The van der Waals surface area contributed by atoms with Gasteiger partial charge < -0.3 is 19.5 Å². The number of amides is 2. The van der Waals surface area contributed by atoms with Gasteiger partial charge in [0.15, 0.2) is 0 Å². The number of methoxy groups -OCH3 is 1. The van der Waals surface area contributed by atoms with E-state index in [0.717, 1.165) is 41.5 Å². The van der Waals surface area contributed by atoms with E-state index < -0.39 is 5.54 Å². The quantitative estimate of drug-likeness (QED) is 0.489. The fourth-order valence-electron chi connectivity index (χ4n) is 5.46. The highest BCUT2D eigenvalue weighted by atomic mass is 16.5. The molecule has 6 heteroatoms. The molecule has 5 rings (SSSR count). The number of aromatic nitrogens is 1. The maximum Gasteiger partial charge on any atom is 0.271 e. The van der Waals surface area contributed by atoms with Crippen LogP contribution in [0.4, 0.5) is 0 Å². The predicted molar refractivity (Wildman–Crippen MR) is 137 cm³/mol. The Hall–Kier alpha value is -3.54. The molecule has 0 radical (unpaired) electrons. The molecule has 1 N–H and O–H groups in total. The minimum atomic E-state index is -1.01. The Morgan fingerprint density at radius 3 is 2.71 bits per heavy atom. The second kappa shape index (κ2) is 9.61. The largest absolute Gasteiger partial charge is 0.496 e. The van der Waals surface area contributed by atoms with Crippen molar-refractivity contribution >= 4 is 22.7 Å². The van der Waals surface area contributed by atoms with Crippen molar-refractivity contribution in [3.05, 3.63) is 77.5 Å². The Morgan fingerprint density at radius 1 is 1.11 bits per heavy atom. The Kier molecular flexibility index (Phi) is 6.37. The summed E-state index contributed by atoms with van der Waals surface area (Å²) in [6.45, 7) is 3.18. The second-order valence-corrected chi connectivity index (χ2v) is 9.76. The van der Waals surface area contributed by atoms with Crippen molar-refractivity contribution in [3.63, 3.8) is 0 Å². The fraction of sp³-hybridized carbons (Fsp3) is 0.379. The average molecular weight is 472 g/mol. The second-order valence-electron chi connectivity index (χ2n) is 9.76. The molecule has 3 aromatic rings. The van der Waals surface area contributed by atoms with Crippen LogP contribution in [0, 0.1) is 0 Å². The first-order valence-corrected chi connectivity index (χ1v) is 12.5. The molecule has 1 aliphatic carbocycles. The molecule has 0 spiro atoms. The van der Waals surface area contributed by atoms with Crippen molar-refractivity contribution < 1.29 is 14.3 Å². The normalized spacial score (nSPS) is 19.9. The van der Waals surface area contributed by atoms with E-state index in [2.05, 4.69) is 11.4 Å². The van der Waals surface area contributed by atoms with Gasteiger partial charge in [-0.2, -0.15) is 0 Å². The summed E-state index contributed by atoms with van der Waals surface area (Å²) in [6.07, 6.45) is 7.74. The molecule has 35 heavy (non-hydrogen) atoms. The van der Waals surface area contributed by atoms with Gasteiger partial charge in [0.05, 0.1) is 13.7 Å². The van der Waals surface area contributed by atoms with E-state index in [1.54, 1.807) is 12.0 Å². The lowest BCUT2D eigenvalue weighted by Gasteiger charge is -2.44. The van der Waals surface area contributed by atoms with E-state index in [0.29, 0.717) is 25.3 Å². The minimum absolute atomic E-state index is 0.0844. The van der Waals surface area contributed by atoms with Crippen LogP contribution in [-0.4, -0.2) is 40.5 Å². The van der Waals surface area contributed by atoms with E-state index in [1.807, 2.05) is 66.1 Å². The average Bonchev–Trinajstić information content (AvgIpc) is 3.26. The number of carbonyl (C=O) groups is 2.